The van der Waals surface area contributed by atoms with Crippen molar-refractivity contribution in [1.82, 2.24) is 20.5 Å². The highest BCUT2D eigenvalue weighted by Crippen LogP contribution is 2.55. The molecule has 2 N–H and O–H groups in total. The molecule has 2 aromatic carbocycles. The van der Waals surface area contributed by atoms with Crippen LogP contribution in [0.25, 0.3) is 11.1 Å². The highest BCUT2D eigenvalue weighted by Gasteiger charge is 2.49. The second-order valence-corrected chi connectivity index (χ2v) is 15.7. The summed E-state index contributed by atoms with van der Waals surface area (Å²) >= 11 is 0. The number of aromatic nitrogens is 3. The van der Waals surface area contributed by atoms with E-state index in [1.165, 1.54) is 35.2 Å². The van der Waals surface area contributed by atoms with Crippen molar-refractivity contribution < 1.29 is 24.2 Å². The van der Waals surface area contributed by atoms with Crippen molar-refractivity contribution in [2.75, 3.05) is 19.8 Å². The van der Waals surface area contributed by atoms with Crippen LogP contribution in [0.4, 0.5) is 0 Å². The van der Waals surface area contributed by atoms with Crippen LogP contribution in [-0.2, 0) is 34.3 Å². The Morgan fingerprint density at radius 2 is 1.87 bits per heavy atom. The van der Waals surface area contributed by atoms with E-state index < -0.39 is 5.97 Å². The van der Waals surface area contributed by atoms with Gasteiger partial charge in [0.25, 0.3) is 0 Å². The summed E-state index contributed by atoms with van der Waals surface area (Å²) in [6, 6.07) is 18.4. The number of carbonyl (C=O) groups excluding carboxylic acids is 1. The van der Waals surface area contributed by atoms with E-state index >= 15 is 0 Å². The highest BCUT2D eigenvalue weighted by molar-refractivity contribution is 5.79. The number of hydrogen-bond donors (Lipinski definition) is 2. The number of nitrogens with zero attached hydrogens (tertiary/aromatic N) is 3. The van der Waals surface area contributed by atoms with Gasteiger partial charge in [-0.25, -0.2) is 0 Å². The Balaban J connectivity index is 0.943. The summed E-state index contributed by atoms with van der Waals surface area (Å²) in [6.07, 6.45) is 14.8. The first kappa shape index (κ1) is 36.6. The Morgan fingerprint density at radius 3 is 2.68 bits per heavy atom. The SMILES string of the molecule is C[C@@H](COc1ccnc2c1[C@H](C)CCC2)CC1Cc2ccc(OCCCNC(=O)Cc3cccc(-c4ccnnc4)c3)cc2C12CCC(C(=O)O)CC2. The maximum atomic E-state index is 12.7. The molecule has 3 aliphatic rings. The second kappa shape index (κ2) is 16.5. The molecule has 1 fully saturated rings. The lowest BCUT2D eigenvalue weighted by atomic mass is 9.61. The normalized spacial score (nSPS) is 22.4. The third-order valence-corrected chi connectivity index (χ3v) is 12.0. The van der Waals surface area contributed by atoms with Gasteiger partial charge in [-0.05, 0) is 134 Å². The number of aryl methyl sites for hydroxylation is 1. The van der Waals surface area contributed by atoms with Crippen LogP contribution >= 0.6 is 0 Å². The fourth-order valence-corrected chi connectivity index (χ4v) is 9.25. The zero-order valence-corrected chi connectivity index (χ0v) is 31.1. The van der Waals surface area contributed by atoms with E-state index in [-0.39, 0.29) is 17.2 Å². The van der Waals surface area contributed by atoms with Crippen LogP contribution in [0.15, 0.2) is 73.2 Å². The zero-order chi connectivity index (χ0) is 36.8. The quantitative estimate of drug-likeness (QED) is 0.126. The molecule has 0 saturated heterocycles. The summed E-state index contributed by atoms with van der Waals surface area (Å²) in [5.41, 5.74) is 8.04. The lowest BCUT2D eigenvalue weighted by Gasteiger charge is -2.42. The molecule has 1 spiro atoms. The van der Waals surface area contributed by atoms with Crippen LogP contribution in [0.1, 0.15) is 99.1 Å². The lowest BCUT2D eigenvalue weighted by Crippen LogP contribution is -2.39. The minimum absolute atomic E-state index is 0.0215. The van der Waals surface area contributed by atoms with Crippen molar-refractivity contribution in [3.63, 3.8) is 0 Å². The molecule has 3 aliphatic carbocycles. The molecular formula is C44H52N4O5. The minimum atomic E-state index is -0.675. The van der Waals surface area contributed by atoms with Crippen LogP contribution in [-0.4, -0.2) is 51.9 Å². The number of carboxylic acids is 1. The average molecular weight is 717 g/mol. The first-order valence-corrected chi connectivity index (χ1v) is 19.5. The summed E-state index contributed by atoms with van der Waals surface area (Å²) in [6.45, 7) is 6.25. The second-order valence-electron chi connectivity index (χ2n) is 15.7. The van der Waals surface area contributed by atoms with E-state index in [1.54, 1.807) is 12.4 Å². The summed E-state index contributed by atoms with van der Waals surface area (Å²) in [7, 11) is 0. The van der Waals surface area contributed by atoms with Gasteiger partial charge in [0, 0.05) is 29.6 Å². The van der Waals surface area contributed by atoms with Gasteiger partial charge in [0.2, 0.25) is 5.91 Å². The van der Waals surface area contributed by atoms with Crippen LogP contribution in [0.2, 0.25) is 0 Å². The Bertz CT molecular complexity index is 1890. The summed E-state index contributed by atoms with van der Waals surface area (Å²) in [5.74, 6) is 2.10. The molecule has 7 rings (SSSR count). The van der Waals surface area contributed by atoms with Gasteiger partial charge in [0.05, 0.1) is 37.9 Å². The van der Waals surface area contributed by atoms with Gasteiger partial charge in [-0.15, -0.1) is 0 Å². The van der Waals surface area contributed by atoms with Crippen molar-refractivity contribution in [3.8, 4) is 22.6 Å². The first-order valence-electron chi connectivity index (χ1n) is 19.5. The monoisotopic (exact) mass is 716 g/mol. The Hall–Kier alpha value is -4.79. The zero-order valence-electron chi connectivity index (χ0n) is 31.1. The van der Waals surface area contributed by atoms with Crippen molar-refractivity contribution in [1.29, 1.82) is 0 Å². The van der Waals surface area contributed by atoms with Crippen LogP contribution in [0, 0.1) is 17.8 Å². The van der Waals surface area contributed by atoms with E-state index in [0.29, 0.717) is 63.2 Å². The predicted molar refractivity (Wildman–Crippen MR) is 204 cm³/mol. The van der Waals surface area contributed by atoms with Gasteiger partial charge < -0.3 is 19.9 Å². The number of carbonyl (C=O) groups is 2. The highest BCUT2D eigenvalue weighted by atomic mass is 16.5. The third-order valence-electron chi connectivity index (χ3n) is 12.0. The van der Waals surface area contributed by atoms with E-state index in [0.717, 1.165) is 60.3 Å². The van der Waals surface area contributed by atoms with Crippen LogP contribution in [0.5, 0.6) is 11.5 Å². The first-order chi connectivity index (χ1) is 25.8. The maximum Gasteiger partial charge on any atom is 0.306 e. The summed E-state index contributed by atoms with van der Waals surface area (Å²) in [5, 5.41) is 20.7. The van der Waals surface area contributed by atoms with Crippen LogP contribution < -0.4 is 14.8 Å². The number of rotatable bonds is 14. The fourth-order valence-electron chi connectivity index (χ4n) is 9.25. The number of benzene rings is 2. The molecule has 0 radical (unpaired) electrons. The number of aliphatic carboxylic acids is 1. The number of fused-ring (bicyclic) bond motifs is 3. The number of carboxylic acid groups (broad SMARTS) is 1. The largest absolute Gasteiger partial charge is 0.494 e. The van der Waals surface area contributed by atoms with Crippen molar-refractivity contribution in [3.05, 3.63) is 101 Å². The number of hydrogen-bond acceptors (Lipinski definition) is 7. The Labute approximate surface area is 313 Å². The third kappa shape index (κ3) is 8.40. The molecule has 0 bridgehead atoms. The van der Waals surface area contributed by atoms with Gasteiger partial charge in [-0.1, -0.05) is 44.2 Å². The molecule has 2 aromatic heterocycles. The molecule has 53 heavy (non-hydrogen) atoms. The Morgan fingerprint density at radius 1 is 1.00 bits per heavy atom. The lowest BCUT2D eigenvalue weighted by molar-refractivity contribution is -0.143. The fraction of sp³-hybridized carbons (Fsp3) is 0.477. The molecule has 0 aliphatic heterocycles. The van der Waals surface area contributed by atoms with Gasteiger partial charge in [-0.2, -0.15) is 10.2 Å². The molecule has 1 amide bonds. The standard InChI is InChI=1S/C44H52N4O5/c1-29(28-53-40-15-19-45-39-9-3-6-30(2)42(39)40)22-36-25-34-10-11-37(26-38(34)44(36)16-12-32(13-17-44)43(50)51)52-21-5-18-46-41(49)24-31-7-4-8-33(23-31)35-14-20-47-48-27-35/h4,7-8,10-11,14-15,19-20,23,26-27,29-30,32,36H,3,5-6,9,12-13,16-18,21-22,24-25,28H2,1-2H3,(H,46,49)(H,50,51)/t29-,30-,32?,36?,44?/m1/s1. The van der Waals surface area contributed by atoms with Crippen molar-refractivity contribution in [2.45, 2.75) is 95.8 Å². The van der Waals surface area contributed by atoms with E-state index in [1.807, 2.05) is 42.6 Å². The average Bonchev–Trinajstić information content (AvgIpc) is 3.45. The number of nitrogens with one attached hydrogen (secondary N) is 1. The number of pyridine rings is 1. The predicted octanol–water partition coefficient (Wildman–Crippen LogP) is 7.90. The van der Waals surface area contributed by atoms with Gasteiger partial charge in [-0.3, -0.25) is 14.6 Å². The molecule has 4 aromatic rings. The topological polar surface area (TPSA) is 124 Å². The Kier molecular flexibility index (Phi) is 11.4. The number of ether oxygens (including phenoxy) is 2. The van der Waals surface area contributed by atoms with Gasteiger partial charge >= 0.3 is 5.97 Å². The summed E-state index contributed by atoms with van der Waals surface area (Å²) < 4.78 is 12.8. The van der Waals surface area contributed by atoms with Crippen molar-refractivity contribution >= 4 is 11.9 Å². The van der Waals surface area contributed by atoms with Crippen LogP contribution in [0.3, 0.4) is 0 Å². The molecule has 3 atom stereocenters. The minimum Gasteiger partial charge on any atom is -0.494 e. The van der Waals surface area contributed by atoms with Gasteiger partial charge in [0.1, 0.15) is 11.5 Å². The molecule has 2 heterocycles. The molecule has 9 heteroatoms. The molecule has 1 unspecified atom stereocenters. The van der Waals surface area contributed by atoms with Crippen molar-refractivity contribution in [2.24, 2.45) is 17.8 Å². The van der Waals surface area contributed by atoms with Gasteiger partial charge in [0.15, 0.2) is 0 Å². The van der Waals surface area contributed by atoms with E-state index in [4.69, 9.17) is 9.47 Å². The smallest absolute Gasteiger partial charge is 0.306 e. The molecular weight excluding hydrogens is 665 g/mol. The van der Waals surface area contributed by atoms with E-state index in [2.05, 4.69) is 52.5 Å². The maximum absolute atomic E-state index is 12.7. The molecule has 278 valence electrons. The number of amides is 1. The molecule has 9 nitrogen and oxygen atoms in total. The van der Waals surface area contributed by atoms with E-state index in [9.17, 15) is 14.7 Å². The molecule has 1 saturated carbocycles. The summed E-state index contributed by atoms with van der Waals surface area (Å²) in [4.78, 5) is 29.3.